The molecule has 0 spiro atoms. The molecule has 296 valence electrons. The van der Waals surface area contributed by atoms with Gasteiger partial charge in [0, 0.05) is 19.6 Å². The third kappa shape index (κ3) is 38.2. The third-order valence-corrected chi connectivity index (χ3v) is 9.83. The number of esters is 1. The molecule has 8 nitrogen and oxygen atoms in total. The molecular weight excluding hydrogens is 649 g/mol. The molecule has 0 aliphatic carbocycles. The monoisotopic (exact) mass is 730 g/mol. The van der Waals surface area contributed by atoms with Crippen molar-refractivity contribution in [1.29, 1.82) is 0 Å². The predicted octanol–water partition coefficient (Wildman–Crippen LogP) is 12.1. The Hall–Kier alpha value is -1.02. The second kappa shape index (κ2) is 39.2. The van der Waals surface area contributed by atoms with Crippen LogP contribution < -0.4 is 5.73 Å². The van der Waals surface area contributed by atoms with Crippen LogP contribution in [0, 0.1) is 0 Å². The van der Waals surface area contributed by atoms with Gasteiger partial charge in [-0.05, 0) is 64.2 Å². The molecule has 0 heterocycles. The topological polar surface area (TPSA) is 117 Å². The SMILES string of the molecule is CCCCC/C=C\CCCCCCCC(=O)OC(COCCCCCCCCCC/C=C\CCCCCCCCC)COP(=O)(O)OCCN. The summed E-state index contributed by atoms with van der Waals surface area (Å²) in [5.41, 5.74) is 5.36. The maximum Gasteiger partial charge on any atom is 0.472 e. The van der Waals surface area contributed by atoms with Gasteiger partial charge in [0.05, 0.1) is 19.8 Å². The van der Waals surface area contributed by atoms with Crippen molar-refractivity contribution in [2.45, 2.75) is 200 Å². The van der Waals surface area contributed by atoms with E-state index in [1.165, 1.54) is 128 Å². The molecule has 0 saturated heterocycles. The smallest absolute Gasteiger partial charge is 0.457 e. The zero-order chi connectivity index (χ0) is 36.6. The number of hydrogen-bond donors (Lipinski definition) is 2. The number of phosphoric ester groups is 1. The van der Waals surface area contributed by atoms with Crippen molar-refractivity contribution in [1.82, 2.24) is 0 Å². The Labute approximate surface area is 308 Å². The van der Waals surface area contributed by atoms with E-state index < -0.39 is 13.9 Å². The van der Waals surface area contributed by atoms with Gasteiger partial charge >= 0.3 is 13.8 Å². The van der Waals surface area contributed by atoms with Crippen LogP contribution in [0.5, 0.6) is 0 Å². The van der Waals surface area contributed by atoms with Crippen LogP contribution in [0.15, 0.2) is 24.3 Å². The van der Waals surface area contributed by atoms with Gasteiger partial charge in [0.25, 0.3) is 0 Å². The summed E-state index contributed by atoms with van der Waals surface area (Å²) in [5.74, 6) is -0.340. The fraction of sp³-hybridized carbons (Fsp3) is 0.878. The lowest BCUT2D eigenvalue weighted by molar-refractivity contribution is -0.154. The molecule has 0 aliphatic heterocycles. The average molecular weight is 730 g/mol. The molecule has 0 amide bonds. The highest BCUT2D eigenvalue weighted by Gasteiger charge is 2.25. The molecule has 0 saturated carbocycles. The maximum absolute atomic E-state index is 12.5. The van der Waals surface area contributed by atoms with Crippen LogP contribution in [0.4, 0.5) is 0 Å². The van der Waals surface area contributed by atoms with Crippen molar-refractivity contribution in [3.63, 3.8) is 0 Å². The first kappa shape index (κ1) is 49.0. The molecule has 50 heavy (non-hydrogen) atoms. The Morgan fingerprint density at radius 2 is 1.00 bits per heavy atom. The fourth-order valence-electron chi connectivity index (χ4n) is 5.75. The first-order chi connectivity index (χ1) is 24.4. The second-order valence-electron chi connectivity index (χ2n) is 13.8. The number of ether oxygens (including phenoxy) is 2. The summed E-state index contributed by atoms with van der Waals surface area (Å²) in [6.07, 6.45) is 41.9. The highest BCUT2D eigenvalue weighted by Crippen LogP contribution is 2.43. The van der Waals surface area contributed by atoms with Crippen LogP contribution in [0.25, 0.3) is 0 Å². The van der Waals surface area contributed by atoms with Gasteiger partial charge in [-0.3, -0.25) is 13.8 Å². The maximum atomic E-state index is 12.5. The van der Waals surface area contributed by atoms with Crippen molar-refractivity contribution in [2.75, 3.05) is 33.0 Å². The van der Waals surface area contributed by atoms with Crippen LogP contribution in [0.1, 0.15) is 194 Å². The molecule has 0 fully saturated rings. The van der Waals surface area contributed by atoms with Gasteiger partial charge in [0.15, 0.2) is 0 Å². The lowest BCUT2D eigenvalue weighted by Gasteiger charge is -2.20. The van der Waals surface area contributed by atoms with Crippen LogP contribution in [-0.2, 0) is 27.9 Å². The van der Waals surface area contributed by atoms with Gasteiger partial charge in [0.2, 0.25) is 0 Å². The molecule has 0 aliphatic rings. The number of carbonyl (C=O) groups excluding carboxylic acids is 1. The number of hydrogen-bond acceptors (Lipinski definition) is 7. The van der Waals surface area contributed by atoms with Crippen molar-refractivity contribution < 1.29 is 32.8 Å². The summed E-state index contributed by atoms with van der Waals surface area (Å²) >= 11 is 0. The minimum Gasteiger partial charge on any atom is -0.457 e. The van der Waals surface area contributed by atoms with Gasteiger partial charge in [-0.25, -0.2) is 4.57 Å². The van der Waals surface area contributed by atoms with Crippen LogP contribution in [0.2, 0.25) is 0 Å². The van der Waals surface area contributed by atoms with E-state index in [0.717, 1.165) is 44.9 Å². The highest BCUT2D eigenvalue weighted by atomic mass is 31.2. The van der Waals surface area contributed by atoms with Gasteiger partial charge in [-0.1, -0.05) is 147 Å². The minimum absolute atomic E-state index is 0.0965. The van der Waals surface area contributed by atoms with Crippen LogP contribution in [-0.4, -0.2) is 49.9 Å². The van der Waals surface area contributed by atoms with Crippen molar-refractivity contribution in [3.8, 4) is 0 Å². The molecule has 2 unspecified atom stereocenters. The Morgan fingerprint density at radius 3 is 1.50 bits per heavy atom. The van der Waals surface area contributed by atoms with Crippen molar-refractivity contribution in [2.24, 2.45) is 5.73 Å². The number of phosphoric acid groups is 1. The van der Waals surface area contributed by atoms with E-state index in [9.17, 15) is 14.3 Å². The standard InChI is InChI=1S/C41H80NO7P/c1-3-5-7-9-11-13-15-17-18-19-20-21-22-23-25-27-29-31-33-36-46-38-40(39-48-50(44,45)47-37-35-42)49-41(43)34-32-30-28-26-24-16-14-12-10-8-6-4-2/h12,14,18-19,40H,3-11,13,15-17,20-39,42H2,1-2H3,(H,44,45)/b14-12-,19-18-. The second-order valence-corrected chi connectivity index (χ2v) is 15.3. The zero-order valence-electron chi connectivity index (χ0n) is 32.6. The number of carbonyl (C=O) groups is 1. The summed E-state index contributed by atoms with van der Waals surface area (Å²) in [5, 5.41) is 0. The first-order valence-corrected chi connectivity index (χ1v) is 22.3. The first-order valence-electron chi connectivity index (χ1n) is 20.8. The van der Waals surface area contributed by atoms with Gasteiger partial charge in [-0.2, -0.15) is 0 Å². The zero-order valence-corrected chi connectivity index (χ0v) is 33.5. The van der Waals surface area contributed by atoms with E-state index in [2.05, 4.69) is 38.2 Å². The van der Waals surface area contributed by atoms with Gasteiger partial charge in [0.1, 0.15) is 6.10 Å². The fourth-order valence-corrected chi connectivity index (χ4v) is 6.52. The third-order valence-electron chi connectivity index (χ3n) is 8.84. The van der Waals surface area contributed by atoms with Gasteiger partial charge < -0.3 is 20.1 Å². The van der Waals surface area contributed by atoms with E-state index in [1.807, 2.05) is 0 Å². The Kier molecular flexibility index (Phi) is 38.4. The molecule has 0 radical (unpaired) electrons. The lowest BCUT2D eigenvalue weighted by atomic mass is 10.1. The Balaban J connectivity index is 4.01. The predicted molar refractivity (Wildman–Crippen MR) is 210 cm³/mol. The quantitative estimate of drug-likeness (QED) is 0.0277. The molecule has 0 aromatic carbocycles. The minimum atomic E-state index is -4.27. The van der Waals surface area contributed by atoms with Crippen molar-refractivity contribution in [3.05, 3.63) is 24.3 Å². The summed E-state index contributed by atoms with van der Waals surface area (Å²) in [6, 6.07) is 0. The summed E-state index contributed by atoms with van der Waals surface area (Å²) < 4.78 is 33.3. The van der Waals surface area contributed by atoms with E-state index in [-0.39, 0.29) is 32.3 Å². The van der Waals surface area contributed by atoms with Crippen molar-refractivity contribution >= 4 is 13.8 Å². The summed E-state index contributed by atoms with van der Waals surface area (Å²) in [7, 11) is -4.27. The molecular formula is C41H80NO7P. The average Bonchev–Trinajstić information content (AvgIpc) is 3.10. The number of rotatable bonds is 40. The molecule has 3 N–H and O–H groups in total. The number of allylic oxidation sites excluding steroid dienone is 4. The number of unbranched alkanes of at least 4 members (excludes halogenated alkanes) is 23. The van der Waals surface area contributed by atoms with Crippen LogP contribution in [0.3, 0.4) is 0 Å². The molecule has 0 aromatic rings. The Morgan fingerprint density at radius 1 is 0.580 bits per heavy atom. The Bertz CT molecular complexity index is 823. The normalized spacial score (nSPS) is 13.8. The molecule has 0 bridgehead atoms. The molecule has 0 aromatic heterocycles. The summed E-state index contributed by atoms with van der Waals surface area (Å²) in [6.45, 7) is 4.89. The summed E-state index contributed by atoms with van der Waals surface area (Å²) in [4.78, 5) is 22.4. The van der Waals surface area contributed by atoms with E-state index in [1.54, 1.807) is 0 Å². The van der Waals surface area contributed by atoms with E-state index in [0.29, 0.717) is 13.0 Å². The molecule has 2 atom stereocenters. The van der Waals surface area contributed by atoms with Crippen LogP contribution >= 0.6 is 7.82 Å². The largest absolute Gasteiger partial charge is 0.472 e. The van der Waals surface area contributed by atoms with E-state index >= 15 is 0 Å². The van der Waals surface area contributed by atoms with Gasteiger partial charge in [-0.15, -0.1) is 0 Å². The number of nitrogens with two attached hydrogens (primary N) is 1. The molecule has 9 heteroatoms. The van der Waals surface area contributed by atoms with E-state index in [4.69, 9.17) is 24.3 Å². The highest BCUT2D eigenvalue weighted by molar-refractivity contribution is 7.47. The lowest BCUT2D eigenvalue weighted by Crippen LogP contribution is -2.28. The molecule has 0 rings (SSSR count).